The molecule has 3 amide bonds. The average Bonchev–Trinajstić information content (AvgIpc) is 2.74. The second-order valence-corrected chi connectivity index (χ2v) is 8.62. The van der Waals surface area contributed by atoms with Gasteiger partial charge < -0.3 is 30.1 Å². The summed E-state index contributed by atoms with van der Waals surface area (Å²) in [6, 6.07) is 3.17. The van der Waals surface area contributed by atoms with Crippen LogP contribution in [0.2, 0.25) is 0 Å². The number of methoxy groups -OCH3 is 1. The molecule has 0 radical (unpaired) electrons. The summed E-state index contributed by atoms with van der Waals surface area (Å²) in [6.07, 6.45) is -0.282. The number of phenolic OH excluding ortho intramolecular Hbond substituents is 1. The Balaban J connectivity index is 3.32. The normalized spacial score (nSPS) is 12.8. The number of nitrogens with one attached hydrogen (secondary N) is 2. The Kier molecular flexibility index (Phi) is 10.2. The van der Waals surface area contributed by atoms with E-state index in [4.69, 9.17) is 4.74 Å². The van der Waals surface area contributed by atoms with E-state index in [1.54, 1.807) is 46.8 Å². The predicted octanol–water partition coefficient (Wildman–Crippen LogP) is 2.18. The number of aryl methyl sites for hydroxylation is 1. The zero-order valence-corrected chi connectivity index (χ0v) is 20.4. The predicted molar refractivity (Wildman–Crippen MR) is 121 cm³/mol. The highest BCUT2D eigenvalue weighted by molar-refractivity contribution is 5.92. The smallest absolute Gasteiger partial charge is 0.408 e. The van der Waals surface area contributed by atoms with Gasteiger partial charge in [-0.3, -0.25) is 14.4 Å². The number of nitrogens with zero attached hydrogens (tertiary/aromatic N) is 1. The van der Waals surface area contributed by atoms with Crippen molar-refractivity contribution in [2.24, 2.45) is 0 Å². The molecule has 10 heteroatoms. The standard InChI is InChI=1S/C23H35N3O7/c1-8-15(3)26(17(27)12-25-22(31)33-23(4,5)6)19(21(30)24-13-18(28)32-7)16-11-9-10-14(2)20(16)29/h9-11,15,19,29H,8,12-13H2,1-7H3,(H,24,30)(H,25,31). The number of rotatable bonds is 9. The molecule has 3 N–H and O–H groups in total. The van der Waals surface area contributed by atoms with E-state index in [2.05, 4.69) is 15.4 Å². The summed E-state index contributed by atoms with van der Waals surface area (Å²) in [5.74, 6) is -2.04. The zero-order chi connectivity index (χ0) is 25.3. The first-order valence-electron chi connectivity index (χ1n) is 10.7. The minimum Gasteiger partial charge on any atom is -0.507 e. The van der Waals surface area contributed by atoms with E-state index in [1.165, 1.54) is 18.1 Å². The van der Waals surface area contributed by atoms with Crippen molar-refractivity contribution in [2.75, 3.05) is 20.2 Å². The van der Waals surface area contributed by atoms with Crippen LogP contribution in [0, 0.1) is 6.92 Å². The average molecular weight is 466 g/mol. The molecular formula is C23H35N3O7. The fourth-order valence-electron chi connectivity index (χ4n) is 3.04. The number of phenols is 1. The van der Waals surface area contributed by atoms with Gasteiger partial charge in [-0.1, -0.05) is 25.1 Å². The number of alkyl carbamates (subject to hydrolysis) is 1. The molecule has 0 saturated heterocycles. The molecule has 0 saturated carbocycles. The molecule has 1 rings (SSSR count). The fraction of sp³-hybridized carbons (Fsp3) is 0.565. The highest BCUT2D eigenvalue weighted by atomic mass is 16.6. The molecule has 1 aromatic rings. The third kappa shape index (κ3) is 8.28. The van der Waals surface area contributed by atoms with Gasteiger partial charge in [0.25, 0.3) is 0 Å². The van der Waals surface area contributed by atoms with Crippen LogP contribution in [0.15, 0.2) is 18.2 Å². The number of carbonyl (C=O) groups is 4. The Morgan fingerprint density at radius 3 is 2.30 bits per heavy atom. The van der Waals surface area contributed by atoms with Crippen LogP contribution < -0.4 is 10.6 Å². The minimum atomic E-state index is -1.25. The van der Waals surface area contributed by atoms with E-state index in [0.29, 0.717) is 12.0 Å². The molecule has 0 bridgehead atoms. The molecule has 10 nitrogen and oxygen atoms in total. The van der Waals surface area contributed by atoms with Gasteiger partial charge in [0.1, 0.15) is 30.5 Å². The van der Waals surface area contributed by atoms with Crippen molar-refractivity contribution in [2.45, 2.75) is 65.6 Å². The molecule has 0 spiro atoms. The van der Waals surface area contributed by atoms with Crippen molar-refractivity contribution < 1.29 is 33.8 Å². The van der Waals surface area contributed by atoms with Crippen molar-refractivity contribution in [3.8, 4) is 5.75 Å². The van der Waals surface area contributed by atoms with Crippen LogP contribution in [0.5, 0.6) is 5.75 Å². The molecule has 1 aromatic carbocycles. The second-order valence-electron chi connectivity index (χ2n) is 8.62. The van der Waals surface area contributed by atoms with Crippen LogP contribution in [-0.4, -0.2) is 65.7 Å². The van der Waals surface area contributed by atoms with Gasteiger partial charge in [0.2, 0.25) is 11.8 Å². The van der Waals surface area contributed by atoms with Crippen molar-refractivity contribution >= 4 is 23.9 Å². The first-order chi connectivity index (χ1) is 15.3. The largest absolute Gasteiger partial charge is 0.507 e. The van der Waals surface area contributed by atoms with Gasteiger partial charge in [-0.2, -0.15) is 0 Å². The minimum absolute atomic E-state index is 0.142. The number of hydrogen-bond acceptors (Lipinski definition) is 7. The van der Waals surface area contributed by atoms with Gasteiger partial charge in [0.05, 0.1) is 7.11 Å². The van der Waals surface area contributed by atoms with Crippen LogP contribution >= 0.6 is 0 Å². The van der Waals surface area contributed by atoms with Crippen LogP contribution in [0.1, 0.15) is 58.2 Å². The van der Waals surface area contributed by atoms with Crippen LogP contribution in [0.3, 0.4) is 0 Å². The number of carbonyl (C=O) groups excluding carboxylic acids is 4. The highest BCUT2D eigenvalue weighted by Gasteiger charge is 2.36. The highest BCUT2D eigenvalue weighted by Crippen LogP contribution is 2.33. The third-order valence-electron chi connectivity index (χ3n) is 4.86. The number of ether oxygens (including phenoxy) is 2. The second kappa shape index (κ2) is 12.1. The summed E-state index contributed by atoms with van der Waals surface area (Å²) in [5, 5.41) is 15.5. The molecule has 0 aliphatic rings. The Morgan fingerprint density at radius 1 is 1.12 bits per heavy atom. The molecule has 0 aliphatic heterocycles. The number of aromatic hydroxyl groups is 1. The molecule has 2 atom stereocenters. The van der Waals surface area contributed by atoms with Crippen LogP contribution in [-0.2, 0) is 23.9 Å². The lowest BCUT2D eigenvalue weighted by atomic mass is 9.98. The Labute approximate surface area is 194 Å². The van der Waals surface area contributed by atoms with Gasteiger partial charge in [-0.05, 0) is 46.6 Å². The zero-order valence-electron chi connectivity index (χ0n) is 20.4. The summed E-state index contributed by atoms with van der Waals surface area (Å²) < 4.78 is 9.73. The molecule has 0 aromatic heterocycles. The van der Waals surface area contributed by atoms with E-state index in [1.807, 2.05) is 6.92 Å². The summed E-state index contributed by atoms with van der Waals surface area (Å²) in [5.41, 5.74) is -0.0299. The van der Waals surface area contributed by atoms with Gasteiger partial charge in [0, 0.05) is 11.6 Å². The Morgan fingerprint density at radius 2 is 1.76 bits per heavy atom. The van der Waals surface area contributed by atoms with Gasteiger partial charge in [-0.25, -0.2) is 4.79 Å². The number of esters is 1. The summed E-state index contributed by atoms with van der Waals surface area (Å²) >= 11 is 0. The quantitative estimate of drug-likeness (QED) is 0.476. The lowest BCUT2D eigenvalue weighted by Gasteiger charge is -2.36. The van der Waals surface area contributed by atoms with Gasteiger partial charge in [-0.15, -0.1) is 0 Å². The van der Waals surface area contributed by atoms with Gasteiger partial charge >= 0.3 is 12.1 Å². The Hall–Kier alpha value is -3.30. The fourth-order valence-corrected chi connectivity index (χ4v) is 3.04. The topological polar surface area (TPSA) is 134 Å². The first-order valence-corrected chi connectivity index (χ1v) is 10.7. The molecule has 184 valence electrons. The molecular weight excluding hydrogens is 430 g/mol. The van der Waals surface area contributed by atoms with Crippen LogP contribution in [0.4, 0.5) is 4.79 Å². The first kappa shape index (κ1) is 27.7. The summed E-state index contributed by atoms with van der Waals surface area (Å²) in [7, 11) is 1.19. The number of para-hydroxylation sites is 1. The molecule has 0 heterocycles. The van der Waals surface area contributed by atoms with Crippen molar-refractivity contribution in [1.82, 2.24) is 15.5 Å². The van der Waals surface area contributed by atoms with Crippen molar-refractivity contribution in [3.05, 3.63) is 29.3 Å². The third-order valence-corrected chi connectivity index (χ3v) is 4.86. The van der Waals surface area contributed by atoms with Crippen molar-refractivity contribution in [3.63, 3.8) is 0 Å². The maximum Gasteiger partial charge on any atom is 0.408 e. The molecule has 2 unspecified atom stereocenters. The summed E-state index contributed by atoms with van der Waals surface area (Å²) in [6.45, 7) is 9.52. The molecule has 0 fully saturated rings. The van der Waals surface area contributed by atoms with E-state index in [9.17, 15) is 24.3 Å². The van der Waals surface area contributed by atoms with Gasteiger partial charge in [0.15, 0.2) is 0 Å². The van der Waals surface area contributed by atoms with Crippen molar-refractivity contribution in [1.29, 1.82) is 0 Å². The van der Waals surface area contributed by atoms with E-state index >= 15 is 0 Å². The number of amides is 3. The Bertz CT molecular complexity index is 864. The summed E-state index contributed by atoms with van der Waals surface area (Å²) in [4.78, 5) is 51.3. The van der Waals surface area contributed by atoms with E-state index in [-0.39, 0.29) is 11.3 Å². The van der Waals surface area contributed by atoms with E-state index < -0.39 is 54.7 Å². The maximum absolute atomic E-state index is 13.2. The molecule has 0 aliphatic carbocycles. The maximum atomic E-state index is 13.2. The number of hydrogen-bond donors (Lipinski definition) is 3. The van der Waals surface area contributed by atoms with Crippen LogP contribution in [0.25, 0.3) is 0 Å². The lowest BCUT2D eigenvalue weighted by Crippen LogP contribution is -2.51. The lowest BCUT2D eigenvalue weighted by molar-refractivity contribution is -0.145. The number of benzene rings is 1. The monoisotopic (exact) mass is 465 g/mol. The molecule has 33 heavy (non-hydrogen) atoms. The van der Waals surface area contributed by atoms with E-state index in [0.717, 1.165) is 0 Å². The SMILES string of the molecule is CCC(C)N(C(=O)CNC(=O)OC(C)(C)C)C(C(=O)NCC(=O)OC)c1cccc(C)c1O.